The molecule has 0 spiro atoms. The molecule has 0 aliphatic carbocycles. The predicted octanol–water partition coefficient (Wildman–Crippen LogP) is 3.03. The first-order valence-corrected chi connectivity index (χ1v) is 7.53. The molecule has 8 nitrogen and oxygen atoms in total. The number of benzene rings is 1. The average molecular weight is 342 g/mol. The van der Waals surface area contributed by atoms with Crippen LogP contribution < -0.4 is 14.8 Å². The minimum Gasteiger partial charge on any atom is -0.493 e. The third-order valence-corrected chi connectivity index (χ3v) is 3.74. The van der Waals surface area contributed by atoms with Gasteiger partial charge in [-0.3, -0.25) is 0 Å². The maximum atomic E-state index is 11.6. The van der Waals surface area contributed by atoms with Crippen molar-refractivity contribution in [3.8, 4) is 11.5 Å². The topological polar surface area (TPSA) is 109 Å². The van der Waals surface area contributed by atoms with Crippen LogP contribution in [0.5, 0.6) is 11.5 Å². The van der Waals surface area contributed by atoms with E-state index in [9.17, 15) is 9.90 Å². The second-order valence-electron chi connectivity index (χ2n) is 5.52. The lowest BCUT2D eigenvalue weighted by atomic mass is 10.1. The van der Waals surface area contributed by atoms with Crippen molar-refractivity contribution in [1.29, 1.82) is 0 Å². The Morgan fingerprint density at radius 1 is 1.12 bits per heavy atom. The maximum absolute atomic E-state index is 11.6. The summed E-state index contributed by atoms with van der Waals surface area (Å²) >= 11 is 0. The Balaban J connectivity index is 2.16. The van der Waals surface area contributed by atoms with E-state index in [2.05, 4.69) is 20.3 Å². The van der Waals surface area contributed by atoms with E-state index in [4.69, 9.17) is 9.47 Å². The molecular formula is C17H18N4O4. The number of carboxylic acids is 1. The first-order valence-electron chi connectivity index (χ1n) is 7.53. The van der Waals surface area contributed by atoms with Gasteiger partial charge in [-0.15, -0.1) is 0 Å². The zero-order chi connectivity index (χ0) is 18.1. The molecular weight excluding hydrogens is 324 g/mol. The van der Waals surface area contributed by atoms with Crippen LogP contribution in [-0.2, 0) is 0 Å². The number of nitrogens with one attached hydrogen (secondary N) is 2. The number of ether oxygens (including phenoxy) is 2. The van der Waals surface area contributed by atoms with E-state index in [-0.39, 0.29) is 5.56 Å². The zero-order valence-corrected chi connectivity index (χ0v) is 14.3. The summed E-state index contributed by atoms with van der Waals surface area (Å²) in [5, 5.41) is 13.4. The van der Waals surface area contributed by atoms with Crippen LogP contribution in [0.1, 0.15) is 21.9 Å². The van der Waals surface area contributed by atoms with Crippen molar-refractivity contribution in [1.82, 2.24) is 15.0 Å². The van der Waals surface area contributed by atoms with Crippen molar-refractivity contribution in [2.45, 2.75) is 13.8 Å². The molecule has 0 bridgehead atoms. The van der Waals surface area contributed by atoms with E-state index in [1.165, 1.54) is 20.3 Å². The van der Waals surface area contributed by atoms with Gasteiger partial charge < -0.3 is 24.9 Å². The van der Waals surface area contributed by atoms with Crippen molar-refractivity contribution >= 4 is 28.5 Å². The average Bonchev–Trinajstić information content (AvgIpc) is 2.94. The van der Waals surface area contributed by atoms with Crippen LogP contribution in [0.4, 0.5) is 11.5 Å². The predicted molar refractivity (Wildman–Crippen MR) is 93.2 cm³/mol. The zero-order valence-electron chi connectivity index (χ0n) is 14.3. The molecule has 3 rings (SSSR count). The van der Waals surface area contributed by atoms with Gasteiger partial charge in [-0.1, -0.05) is 0 Å². The number of fused-ring (bicyclic) bond motifs is 1. The van der Waals surface area contributed by atoms with E-state index in [0.29, 0.717) is 34.5 Å². The number of aromatic amines is 1. The van der Waals surface area contributed by atoms with Crippen LogP contribution in [0.15, 0.2) is 18.2 Å². The van der Waals surface area contributed by atoms with Crippen LogP contribution in [0.3, 0.4) is 0 Å². The van der Waals surface area contributed by atoms with Gasteiger partial charge in [0.2, 0.25) is 0 Å². The Morgan fingerprint density at radius 3 is 2.44 bits per heavy atom. The van der Waals surface area contributed by atoms with Crippen molar-refractivity contribution in [3.63, 3.8) is 0 Å². The van der Waals surface area contributed by atoms with Gasteiger partial charge in [0.15, 0.2) is 11.5 Å². The number of aryl methyl sites for hydroxylation is 2. The highest BCUT2D eigenvalue weighted by molar-refractivity contribution is 5.98. The van der Waals surface area contributed by atoms with Crippen molar-refractivity contribution < 1.29 is 19.4 Å². The van der Waals surface area contributed by atoms with Gasteiger partial charge in [-0.05, 0) is 19.9 Å². The third kappa shape index (κ3) is 3.06. The highest BCUT2D eigenvalue weighted by Crippen LogP contribution is 2.35. The van der Waals surface area contributed by atoms with Gasteiger partial charge in [0.1, 0.15) is 17.3 Å². The molecule has 0 saturated heterocycles. The number of rotatable bonds is 5. The fourth-order valence-electron chi connectivity index (χ4n) is 2.63. The summed E-state index contributed by atoms with van der Waals surface area (Å²) in [6, 6.07) is 4.89. The molecule has 0 fully saturated rings. The Bertz CT molecular complexity index is 965. The third-order valence-electron chi connectivity index (χ3n) is 3.74. The fraction of sp³-hybridized carbons (Fsp3) is 0.235. The van der Waals surface area contributed by atoms with Crippen LogP contribution in [0.2, 0.25) is 0 Å². The molecule has 0 atom stereocenters. The SMILES string of the molecule is COc1cc(Nc2nc(C)nc3[nH]c(C)cc23)c(C(=O)O)cc1OC. The molecule has 8 heteroatoms. The molecule has 0 aliphatic heterocycles. The van der Waals surface area contributed by atoms with Crippen LogP contribution >= 0.6 is 0 Å². The van der Waals surface area contributed by atoms with E-state index >= 15 is 0 Å². The van der Waals surface area contributed by atoms with Gasteiger partial charge in [-0.2, -0.15) is 0 Å². The largest absolute Gasteiger partial charge is 0.493 e. The molecule has 0 unspecified atom stereocenters. The molecule has 2 heterocycles. The summed E-state index contributed by atoms with van der Waals surface area (Å²) in [4.78, 5) is 23.5. The Kier molecular flexibility index (Phi) is 4.18. The van der Waals surface area contributed by atoms with Crippen LogP contribution in [-0.4, -0.2) is 40.2 Å². The summed E-state index contributed by atoms with van der Waals surface area (Å²) < 4.78 is 10.4. The van der Waals surface area contributed by atoms with E-state index in [1.54, 1.807) is 13.0 Å². The molecule has 25 heavy (non-hydrogen) atoms. The van der Waals surface area contributed by atoms with E-state index in [0.717, 1.165) is 11.1 Å². The minimum absolute atomic E-state index is 0.0503. The molecule has 0 radical (unpaired) electrons. The molecule has 130 valence electrons. The summed E-state index contributed by atoms with van der Waals surface area (Å²) in [6.07, 6.45) is 0. The molecule has 0 saturated carbocycles. The number of hydrogen-bond acceptors (Lipinski definition) is 6. The summed E-state index contributed by atoms with van der Waals surface area (Å²) in [7, 11) is 2.95. The minimum atomic E-state index is -1.09. The fourth-order valence-corrected chi connectivity index (χ4v) is 2.63. The first-order chi connectivity index (χ1) is 11.9. The van der Waals surface area contributed by atoms with Gasteiger partial charge in [-0.25, -0.2) is 14.8 Å². The number of aromatic nitrogens is 3. The number of methoxy groups -OCH3 is 2. The van der Waals surface area contributed by atoms with Crippen LogP contribution in [0.25, 0.3) is 11.0 Å². The molecule has 0 aliphatic rings. The summed E-state index contributed by atoms with van der Waals surface area (Å²) in [5.74, 6) is 0.751. The standard InChI is InChI=1S/C17H18N4O4/c1-8-5-11-15(18-8)19-9(2)20-16(11)21-12-7-14(25-4)13(24-3)6-10(12)17(22)23/h5-7H,1-4H3,(H,22,23)(H2,18,19,20,21). The summed E-state index contributed by atoms with van der Waals surface area (Å²) in [6.45, 7) is 3.69. The second kappa shape index (κ2) is 6.31. The lowest BCUT2D eigenvalue weighted by molar-refractivity contribution is 0.0697. The molecule has 0 amide bonds. The Morgan fingerprint density at radius 2 is 1.80 bits per heavy atom. The quantitative estimate of drug-likeness (QED) is 0.654. The molecule has 2 aromatic heterocycles. The molecule has 3 aromatic rings. The number of hydrogen-bond donors (Lipinski definition) is 3. The number of aromatic carboxylic acids is 1. The van der Waals surface area contributed by atoms with Crippen LogP contribution in [0, 0.1) is 13.8 Å². The number of H-pyrrole nitrogens is 1. The van der Waals surface area contributed by atoms with Crippen molar-refractivity contribution in [2.75, 3.05) is 19.5 Å². The van der Waals surface area contributed by atoms with Gasteiger partial charge in [0.25, 0.3) is 0 Å². The number of nitrogens with zero attached hydrogens (tertiary/aromatic N) is 2. The smallest absolute Gasteiger partial charge is 0.337 e. The molecule has 1 aromatic carbocycles. The van der Waals surface area contributed by atoms with Crippen molar-refractivity contribution in [2.24, 2.45) is 0 Å². The normalized spacial score (nSPS) is 10.7. The van der Waals surface area contributed by atoms with Crippen molar-refractivity contribution in [3.05, 3.63) is 35.3 Å². The Labute approximate surface area is 143 Å². The first kappa shape index (κ1) is 16.6. The lowest BCUT2D eigenvalue weighted by Gasteiger charge is -2.14. The second-order valence-corrected chi connectivity index (χ2v) is 5.52. The highest BCUT2D eigenvalue weighted by atomic mass is 16.5. The van der Waals surface area contributed by atoms with Gasteiger partial charge in [0.05, 0.1) is 30.9 Å². The van der Waals surface area contributed by atoms with Gasteiger partial charge in [0, 0.05) is 17.8 Å². The van der Waals surface area contributed by atoms with E-state index in [1.807, 2.05) is 13.0 Å². The highest BCUT2D eigenvalue weighted by Gasteiger charge is 2.18. The van der Waals surface area contributed by atoms with Gasteiger partial charge >= 0.3 is 5.97 Å². The maximum Gasteiger partial charge on any atom is 0.337 e. The monoisotopic (exact) mass is 342 g/mol. The lowest BCUT2D eigenvalue weighted by Crippen LogP contribution is -2.06. The Hall–Kier alpha value is -3.29. The van der Waals surface area contributed by atoms with E-state index < -0.39 is 5.97 Å². The molecule has 3 N–H and O–H groups in total. The number of carboxylic acid groups (broad SMARTS) is 1. The number of carbonyl (C=O) groups is 1. The summed E-state index contributed by atoms with van der Waals surface area (Å²) in [5.41, 5.74) is 2.02. The number of anilines is 2.